The van der Waals surface area contributed by atoms with E-state index >= 15 is 0 Å². The molecule has 0 unspecified atom stereocenters. The number of hydrogen-bond acceptors (Lipinski definition) is 3. The van der Waals surface area contributed by atoms with Crippen LogP contribution in [0.5, 0.6) is 0 Å². The molecular formula is C17H21N3. The van der Waals surface area contributed by atoms with Gasteiger partial charge < -0.3 is 4.90 Å². The highest BCUT2D eigenvalue weighted by Gasteiger charge is 1.99. The molecule has 1 N–H and O–H groups in total. The molecule has 0 saturated heterocycles. The van der Waals surface area contributed by atoms with E-state index in [9.17, 15) is 0 Å². The Morgan fingerprint density at radius 2 is 1.75 bits per heavy atom. The Kier molecular flexibility index (Phi) is 4.41. The van der Waals surface area contributed by atoms with Gasteiger partial charge in [-0.1, -0.05) is 24.3 Å². The van der Waals surface area contributed by atoms with Crippen molar-refractivity contribution in [3.8, 4) is 0 Å². The third-order valence-electron chi connectivity index (χ3n) is 3.17. The average molecular weight is 267 g/mol. The Morgan fingerprint density at radius 1 is 1.05 bits per heavy atom. The molecule has 0 aliphatic rings. The molecule has 20 heavy (non-hydrogen) atoms. The summed E-state index contributed by atoms with van der Waals surface area (Å²) < 4.78 is 0. The van der Waals surface area contributed by atoms with Crippen LogP contribution in [0.25, 0.3) is 0 Å². The van der Waals surface area contributed by atoms with Gasteiger partial charge in [0.1, 0.15) is 0 Å². The van der Waals surface area contributed by atoms with Crippen LogP contribution in [0.2, 0.25) is 0 Å². The van der Waals surface area contributed by atoms with Crippen LogP contribution in [0.15, 0.2) is 53.6 Å². The summed E-state index contributed by atoms with van der Waals surface area (Å²) in [5, 5.41) is 4.43. The molecule has 0 heterocycles. The standard InChI is InChI=1S/C17H21N3/c1-13-6-5-7-16(12-13)19-18-14(2)15-8-10-17(11-9-15)20(3)4/h5-12,19H,1-4H3/b18-14-. The maximum Gasteiger partial charge on any atom is 0.0648 e. The van der Waals surface area contributed by atoms with Crippen LogP contribution < -0.4 is 10.3 Å². The Labute approximate surface area is 120 Å². The molecule has 0 spiro atoms. The van der Waals surface area contributed by atoms with Gasteiger partial charge in [-0.05, 0) is 49.2 Å². The summed E-state index contributed by atoms with van der Waals surface area (Å²) >= 11 is 0. The first-order chi connectivity index (χ1) is 9.56. The van der Waals surface area contributed by atoms with E-state index in [0.717, 1.165) is 17.0 Å². The maximum absolute atomic E-state index is 4.43. The van der Waals surface area contributed by atoms with Gasteiger partial charge in [0.25, 0.3) is 0 Å². The van der Waals surface area contributed by atoms with Gasteiger partial charge in [0.15, 0.2) is 0 Å². The smallest absolute Gasteiger partial charge is 0.0648 e. The lowest BCUT2D eigenvalue weighted by Gasteiger charge is -2.12. The minimum atomic E-state index is 0.969. The molecule has 0 aliphatic carbocycles. The van der Waals surface area contributed by atoms with Crippen molar-refractivity contribution >= 4 is 17.1 Å². The van der Waals surface area contributed by atoms with E-state index in [4.69, 9.17) is 0 Å². The molecule has 0 radical (unpaired) electrons. The van der Waals surface area contributed by atoms with Gasteiger partial charge in [-0.25, -0.2) is 0 Å². The van der Waals surface area contributed by atoms with Gasteiger partial charge in [0.05, 0.1) is 11.4 Å². The number of anilines is 2. The molecule has 2 aromatic rings. The summed E-state index contributed by atoms with van der Waals surface area (Å²) in [4.78, 5) is 2.08. The fourth-order valence-electron chi connectivity index (χ4n) is 1.93. The van der Waals surface area contributed by atoms with E-state index in [1.807, 2.05) is 33.2 Å². The van der Waals surface area contributed by atoms with E-state index in [2.05, 4.69) is 58.7 Å². The second kappa shape index (κ2) is 6.24. The van der Waals surface area contributed by atoms with Crippen molar-refractivity contribution in [3.63, 3.8) is 0 Å². The molecule has 2 aromatic carbocycles. The lowest BCUT2D eigenvalue weighted by molar-refractivity contribution is 1.13. The van der Waals surface area contributed by atoms with Crippen molar-refractivity contribution in [2.24, 2.45) is 5.10 Å². The van der Waals surface area contributed by atoms with Crippen LogP contribution in [0, 0.1) is 6.92 Å². The molecule has 0 bridgehead atoms. The van der Waals surface area contributed by atoms with Crippen LogP contribution in [-0.4, -0.2) is 19.8 Å². The number of hydrogen-bond donors (Lipinski definition) is 1. The summed E-state index contributed by atoms with van der Waals surface area (Å²) in [5.74, 6) is 0. The van der Waals surface area contributed by atoms with Crippen LogP contribution >= 0.6 is 0 Å². The molecule has 3 heteroatoms. The van der Waals surface area contributed by atoms with Gasteiger partial charge in [0, 0.05) is 19.8 Å². The minimum absolute atomic E-state index is 0.969. The van der Waals surface area contributed by atoms with E-state index in [-0.39, 0.29) is 0 Å². The zero-order valence-electron chi connectivity index (χ0n) is 12.5. The topological polar surface area (TPSA) is 27.6 Å². The van der Waals surface area contributed by atoms with Gasteiger partial charge in [-0.2, -0.15) is 5.10 Å². The summed E-state index contributed by atoms with van der Waals surface area (Å²) in [6, 6.07) is 16.6. The number of rotatable bonds is 4. The van der Waals surface area contributed by atoms with Gasteiger partial charge in [0.2, 0.25) is 0 Å². The largest absolute Gasteiger partial charge is 0.378 e. The van der Waals surface area contributed by atoms with Crippen molar-refractivity contribution in [1.29, 1.82) is 0 Å². The zero-order chi connectivity index (χ0) is 14.5. The van der Waals surface area contributed by atoms with E-state index in [0.29, 0.717) is 0 Å². The molecule has 0 amide bonds. The molecule has 3 nitrogen and oxygen atoms in total. The zero-order valence-corrected chi connectivity index (χ0v) is 12.5. The SMILES string of the molecule is C/C(=N/Nc1cccc(C)c1)c1ccc(N(C)C)cc1. The number of hydrazone groups is 1. The van der Waals surface area contributed by atoms with Crippen molar-refractivity contribution in [1.82, 2.24) is 0 Å². The number of nitrogens with one attached hydrogen (secondary N) is 1. The molecule has 104 valence electrons. The summed E-state index contributed by atoms with van der Waals surface area (Å²) in [6.07, 6.45) is 0. The van der Waals surface area contributed by atoms with Crippen molar-refractivity contribution in [2.45, 2.75) is 13.8 Å². The van der Waals surface area contributed by atoms with E-state index in [1.54, 1.807) is 0 Å². The van der Waals surface area contributed by atoms with Gasteiger partial charge in [-0.15, -0.1) is 0 Å². The summed E-state index contributed by atoms with van der Waals surface area (Å²) in [6.45, 7) is 4.08. The highest BCUT2D eigenvalue weighted by Crippen LogP contribution is 2.14. The average Bonchev–Trinajstić information content (AvgIpc) is 2.45. The minimum Gasteiger partial charge on any atom is -0.378 e. The van der Waals surface area contributed by atoms with Crippen LogP contribution in [-0.2, 0) is 0 Å². The fourth-order valence-corrected chi connectivity index (χ4v) is 1.93. The van der Waals surface area contributed by atoms with Crippen molar-refractivity contribution in [3.05, 3.63) is 59.7 Å². The summed E-state index contributed by atoms with van der Waals surface area (Å²) in [5.41, 5.74) is 8.61. The predicted octanol–water partition coefficient (Wildman–Crippen LogP) is 3.90. The third-order valence-corrected chi connectivity index (χ3v) is 3.17. The molecular weight excluding hydrogens is 246 g/mol. The maximum atomic E-state index is 4.43. The highest BCUT2D eigenvalue weighted by molar-refractivity contribution is 5.99. The van der Waals surface area contributed by atoms with Gasteiger partial charge in [-0.3, -0.25) is 5.43 Å². The highest BCUT2D eigenvalue weighted by atomic mass is 15.3. The number of benzene rings is 2. The third kappa shape index (κ3) is 3.60. The second-order valence-electron chi connectivity index (χ2n) is 5.12. The Morgan fingerprint density at radius 3 is 2.35 bits per heavy atom. The van der Waals surface area contributed by atoms with E-state index in [1.165, 1.54) is 11.3 Å². The van der Waals surface area contributed by atoms with Crippen LogP contribution in [0.4, 0.5) is 11.4 Å². The first-order valence-corrected chi connectivity index (χ1v) is 6.71. The molecule has 0 saturated carbocycles. The molecule has 0 fully saturated rings. The first kappa shape index (κ1) is 14.1. The fraction of sp³-hybridized carbons (Fsp3) is 0.235. The number of aryl methyl sites for hydroxylation is 1. The number of nitrogens with zero attached hydrogens (tertiary/aromatic N) is 2. The lowest BCUT2D eigenvalue weighted by Crippen LogP contribution is -2.08. The van der Waals surface area contributed by atoms with E-state index < -0.39 is 0 Å². The van der Waals surface area contributed by atoms with Crippen LogP contribution in [0.3, 0.4) is 0 Å². The Bertz CT molecular complexity index is 598. The second-order valence-corrected chi connectivity index (χ2v) is 5.12. The summed E-state index contributed by atoms with van der Waals surface area (Å²) in [7, 11) is 4.07. The van der Waals surface area contributed by atoms with Gasteiger partial charge >= 0.3 is 0 Å². The van der Waals surface area contributed by atoms with Crippen LogP contribution in [0.1, 0.15) is 18.1 Å². The molecule has 0 atom stereocenters. The lowest BCUT2D eigenvalue weighted by atomic mass is 10.1. The molecule has 2 rings (SSSR count). The van der Waals surface area contributed by atoms with Crippen molar-refractivity contribution < 1.29 is 0 Å². The Hall–Kier alpha value is -2.29. The van der Waals surface area contributed by atoms with Crippen molar-refractivity contribution in [2.75, 3.05) is 24.4 Å². The Balaban J connectivity index is 2.10. The quantitative estimate of drug-likeness (QED) is 0.672. The predicted molar refractivity (Wildman–Crippen MR) is 87.8 cm³/mol. The monoisotopic (exact) mass is 267 g/mol. The normalized spacial score (nSPS) is 11.3. The molecule has 0 aliphatic heterocycles. The molecule has 0 aromatic heterocycles. The first-order valence-electron chi connectivity index (χ1n) is 6.71.